The number of rotatable bonds is 2. The number of phenolic OH excluding ortho intramolecular Hbond substituents is 2. The van der Waals surface area contributed by atoms with E-state index in [4.69, 9.17) is 0 Å². The Morgan fingerprint density at radius 2 is 1.37 bits per heavy atom. The van der Waals surface area contributed by atoms with Crippen LogP contribution in [-0.4, -0.2) is 81.7 Å². The van der Waals surface area contributed by atoms with E-state index in [1.807, 2.05) is 0 Å². The molecule has 158 valence electrons. The van der Waals surface area contributed by atoms with Crippen LogP contribution in [-0.2, 0) is 9.59 Å². The van der Waals surface area contributed by atoms with E-state index in [1.54, 1.807) is 37.7 Å². The molecule has 2 unspecified atom stereocenters. The summed E-state index contributed by atoms with van der Waals surface area (Å²) in [4.78, 5) is 27.4. The van der Waals surface area contributed by atoms with Crippen molar-refractivity contribution < 1.29 is 39.7 Å². The molecule has 1 aromatic rings. The second-order valence-corrected chi connectivity index (χ2v) is 7.57. The molecule has 9 nitrogen and oxygen atoms in total. The zero-order valence-corrected chi connectivity index (χ0v) is 16.9. The minimum atomic E-state index is -1.90. The molecule has 1 fully saturated rings. The second kappa shape index (κ2) is 7.34. The first-order chi connectivity index (χ1) is 14.0. The SMILES string of the molecule is CN(C)c1cc(O)c(C2C(=O)C(=C3C(O)=CC(=[N+](C)C)C=C3O)C(=O)C2O)c(O)c1. The van der Waals surface area contributed by atoms with Gasteiger partial charge >= 0.3 is 0 Å². The highest BCUT2D eigenvalue weighted by atomic mass is 16.3. The maximum absolute atomic E-state index is 13.1. The molecule has 9 heteroatoms. The maximum Gasteiger partial charge on any atom is 0.206 e. The number of phenols is 2. The van der Waals surface area contributed by atoms with Crippen molar-refractivity contribution >= 4 is 23.0 Å². The highest BCUT2D eigenvalue weighted by Crippen LogP contribution is 2.45. The number of benzene rings is 1. The van der Waals surface area contributed by atoms with Gasteiger partial charge in [-0.1, -0.05) is 0 Å². The molecule has 1 saturated carbocycles. The average Bonchev–Trinajstić information content (AvgIpc) is 2.85. The lowest BCUT2D eigenvalue weighted by Crippen LogP contribution is -2.22. The number of aliphatic hydroxyl groups excluding tert-OH is 3. The number of allylic oxidation sites excluding steroid dienone is 2. The van der Waals surface area contributed by atoms with Crippen LogP contribution in [0.5, 0.6) is 11.5 Å². The van der Waals surface area contributed by atoms with Crippen LogP contribution >= 0.6 is 0 Å². The van der Waals surface area contributed by atoms with E-state index < -0.39 is 57.8 Å². The van der Waals surface area contributed by atoms with Crippen LogP contribution in [0, 0.1) is 0 Å². The number of Topliss-reactive ketones (excluding diaryl/α,β-unsaturated/α-hetero) is 2. The highest BCUT2D eigenvalue weighted by Gasteiger charge is 2.50. The van der Waals surface area contributed by atoms with Gasteiger partial charge in [-0.15, -0.1) is 0 Å². The lowest BCUT2D eigenvalue weighted by molar-refractivity contribution is -0.462. The van der Waals surface area contributed by atoms with Crippen molar-refractivity contribution in [2.24, 2.45) is 0 Å². The van der Waals surface area contributed by atoms with Gasteiger partial charge in [0, 0.05) is 37.5 Å². The Morgan fingerprint density at radius 1 is 0.867 bits per heavy atom. The first-order valence-corrected chi connectivity index (χ1v) is 9.06. The molecule has 30 heavy (non-hydrogen) atoms. The Labute approximate surface area is 172 Å². The molecular formula is C21H23N2O7+. The Morgan fingerprint density at radius 3 is 1.80 bits per heavy atom. The normalized spacial score (nSPS) is 21.7. The number of nitrogens with zero attached hydrogens (tertiary/aromatic N) is 2. The van der Waals surface area contributed by atoms with E-state index in [0.717, 1.165) is 0 Å². The molecule has 0 radical (unpaired) electrons. The van der Waals surface area contributed by atoms with Crippen LogP contribution < -0.4 is 4.90 Å². The predicted octanol–water partition coefficient (Wildman–Crippen LogP) is 0.667. The van der Waals surface area contributed by atoms with Crippen LogP contribution in [0.4, 0.5) is 5.69 Å². The van der Waals surface area contributed by atoms with E-state index in [9.17, 15) is 35.1 Å². The third kappa shape index (κ3) is 3.22. The molecule has 0 bridgehead atoms. The molecule has 0 aliphatic heterocycles. The number of ketones is 2. The Hall–Kier alpha value is -3.59. The van der Waals surface area contributed by atoms with Crippen molar-refractivity contribution in [1.82, 2.24) is 0 Å². The number of aromatic hydroxyl groups is 2. The van der Waals surface area contributed by atoms with Crippen molar-refractivity contribution in [3.05, 3.63) is 52.5 Å². The number of hydrogen-bond acceptors (Lipinski definition) is 8. The summed E-state index contributed by atoms with van der Waals surface area (Å²) in [6.07, 6.45) is 0.633. The Kier molecular flexibility index (Phi) is 5.17. The van der Waals surface area contributed by atoms with Crippen molar-refractivity contribution in [2.75, 3.05) is 33.1 Å². The van der Waals surface area contributed by atoms with E-state index in [-0.39, 0.29) is 5.56 Å². The van der Waals surface area contributed by atoms with Crippen LogP contribution in [0.15, 0.2) is 46.9 Å². The van der Waals surface area contributed by atoms with Gasteiger partial charge < -0.3 is 30.4 Å². The van der Waals surface area contributed by atoms with E-state index in [0.29, 0.717) is 11.4 Å². The number of hydrogen-bond donors (Lipinski definition) is 5. The van der Waals surface area contributed by atoms with Crippen LogP contribution in [0.3, 0.4) is 0 Å². The van der Waals surface area contributed by atoms with Gasteiger partial charge in [0.2, 0.25) is 5.71 Å². The van der Waals surface area contributed by atoms with Gasteiger partial charge in [0.05, 0.1) is 29.2 Å². The first-order valence-electron chi connectivity index (χ1n) is 9.06. The summed E-state index contributed by atoms with van der Waals surface area (Å²) < 4.78 is 1.60. The van der Waals surface area contributed by atoms with Gasteiger partial charge in [-0.3, -0.25) is 9.59 Å². The topological polar surface area (TPSA) is 142 Å². The van der Waals surface area contributed by atoms with Crippen LogP contribution in [0.25, 0.3) is 0 Å². The van der Waals surface area contributed by atoms with Gasteiger partial charge in [-0.2, -0.15) is 0 Å². The summed E-state index contributed by atoms with van der Waals surface area (Å²) in [6, 6.07) is 2.58. The number of aliphatic hydroxyl groups is 3. The summed E-state index contributed by atoms with van der Waals surface area (Å²) in [5.41, 5.74) is -0.424. The van der Waals surface area contributed by atoms with Crippen LogP contribution in [0.1, 0.15) is 11.5 Å². The van der Waals surface area contributed by atoms with Crippen molar-refractivity contribution in [1.29, 1.82) is 0 Å². The molecule has 3 rings (SSSR count). The predicted molar refractivity (Wildman–Crippen MR) is 108 cm³/mol. The standard InChI is InChI=1S/C21H22N2O7/c1-22(2)9-5-11(24)15(12(25)6-9)17-19(28)18(21(30)20(17)29)16-13(26)7-10(23(3)4)8-14(16)27/h5-8,17,20,29H,1-4H3,(H3,24,25,26,27)/p+1. The Bertz CT molecular complexity index is 1040. The average molecular weight is 415 g/mol. The monoisotopic (exact) mass is 415 g/mol. The van der Waals surface area contributed by atoms with Crippen molar-refractivity contribution in [2.45, 2.75) is 12.0 Å². The third-order valence-corrected chi connectivity index (χ3v) is 5.16. The molecule has 0 heterocycles. The number of carbonyl (C=O) groups excluding carboxylic acids is 2. The summed E-state index contributed by atoms with van der Waals surface area (Å²) in [5.74, 6) is -5.51. The van der Waals surface area contributed by atoms with Gasteiger partial charge in [-0.05, 0) is 0 Å². The van der Waals surface area contributed by atoms with Crippen molar-refractivity contribution in [3.8, 4) is 11.5 Å². The highest BCUT2D eigenvalue weighted by molar-refractivity contribution is 6.31. The molecule has 0 amide bonds. The minimum absolute atomic E-state index is 0.301. The molecule has 2 atom stereocenters. The quantitative estimate of drug-likeness (QED) is 0.270. The fourth-order valence-corrected chi connectivity index (χ4v) is 3.55. The van der Waals surface area contributed by atoms with E-state index in [1.165, 1.54) is 24.3 Å². The largest absolute Gasteiger partial charge is 0.507 e. The van der Waals surface area contributed by atoms with Crippen molar-refractivity contribution in [3.63, 3.8) is 0 Å². The van der Waals surface area contributed by atoms with Gasteiger partial charge in [-0.25, -0.2) is 4.58 Å². The van der Waals surface area contributed by atoms with Gasteiger partial charge in [0.1, 0.15) is 43.2 Å². The second-order valence-electron chi connectivity index (χ2n) is 7.57. The van der Waals surface area contributed by atoms with Gasteiger partial charge in [0.25, 0.3) is 0 Å². The lowest BCUT2D eigenvalue weighted by atomic mass is 9.91. The third-order valence-electron chi connectivity index (χ3n) is 5.16. The lowest BCUT2D eigenvalue weighted by Gasteiger charge is -2.19. The fourth-order valence-electron chi connectivity index (χ4n) is 3.55. The first kappa shape index (κ1) is 21.1. The molecule has 2 aliphatic carbocycles. The zero-order chi connectivity index (χ0) is 22.5. The molecule has 1 aromatic carbocycles. The van der Waals surface area contributed by atoms with Gasteiger partial charge in [0.15, 0.2) is 11.6 Å². The molecular weight excluding hydrogens is 392 g/mol. The summed E-state index contributed by atoms with van der Waals surface area (Å²) in [7, 11) is 6.72. The molecule has 0 aromatic heterocycles. The Balaban J connectivity index is 2.18. The number of anilines is 1. The smallest absolute Gasteiger partial charge is 0.206 e. The van der Waals surface area contributed by atoms with E-state index >= 15 is 0 Å². The van der Waals surface area contributed by atoms with E-state index in [2.05, 4.69) is 0 Å². The molecule has 0 saturated heterocycles. The maximum atomic E-state index is 13.1. The van der Waals surface area contributed by atoms with Crippen LogP contribution in [0.2, 0.25) is 0 Å². The zero-order valence-electron chi connectivity index (χ0n) is 16.9. The molecule has 0 spiro atoms. The molecule has 2 aliphatic rings. The number of carbonyl (C=O) groups is 2. The fraction of sp³-hybridized carbons (Fsp3) is 0.286. The molecule has 5 N–H and O–H groups in total. The summed E-state index contributed by atoms with van der Waals surface area (Å²) >= 11 is 0. The summed E-state index contributed by atoms with van der Waals surface area (Å²) in [6.45, 7) is 0. The minimum Gasteiger partial charge on any atom is -0.507 e. The summed E-state index contributed by atoms with van der Waals surface area (Å²) in [5, 5.41) is 52.0.